The van der Waals surface area contributed by atoms with Crippen LogP contribution in [0.25, 0.3) is 11.0 Å². The van der Waals surface area contributed by atoms with E-state index in [2.05, 4.69) is 36.7 Å². The Morgan fingerprint density at radius 3 is 2.53 bits per heavy atom. The smallest absolute Gasteiger partial charge is 0.161 e. The number of rotatable bonds is 0. The molecule has 0 atom stereocenters. The van der Waals surface area contributed by atoms with Crippen molar-refractivity contribution in [1.29, 1.82) is 0 Å². The molecule has 0 aliphatic carbocycles. The lowest BCUT2D eigenvalue weighted by atomic mass is 9.86. The van der Waals surface area contributed by atoms with Crippen molar-refractivity contribution in [3.8, 4) is 5.75 Å². The number of aromatic hydroxyl groups is 1. The van der Waals surface area contributed by atoms with Gasteiger partial charge in [0, 0.05) is 10.0 Å². The Morgan fingerprint density at radius 2 is 1.93 bits per heavy atom. The van der Waals surface area contributed by atoms with Gasteiger partial charge < -0.3 is 9.52 Å². The first kappa shape index (κ1) is 10.6. The van der Waals surface area contributed by atoms with Crippen LogP contribution in [0.3, 0.4) is 0 Å². The predicted molar refractivity (Wildman–Crippen MR) is 64.3 cm³/mol. The van der Waals surface area contributed by atoms with Gasteiger partial charge >= 0.3 is 0 Å². The Hall–Kier alpha value is -0.960. The molecule has 2 rings (SSSR count). The van der Waals surface area contributed by atoms with Gasteiger partial charge in [-0.25, -0.2) is 0 Å². The predicted octanol–water partition coefficient (Wildman–Crippen LogP) is 4.20. The van der Waals surface area contributed by atoms with E-state index >= 15 is 0 Å². The van der Waals surface area contributed by atoms with Crippen molar-refractivity contribution in [2.45, 2.75) is 26.2 Å². The Labute approximate surface area is 97.0 Å². The van der Waals surface area contributed by atoms with Crippen molar-refractivity contribution < 1.29 is 9.52 Å². The first-order valence-electron chi connectivity index (χ1n) is 4.80. The van der Waals surface area contributed by atoms with Crippen molar-refractivity contribution in [3.05, 3.63) is 28.4 Å². The largest absolute Gasteiger partial charge is 0.504 e. The van der Waals surface area contributed by atoms with Crippen LogP contribution in [-0.4, -0.2) is 5.11 Å². The molecule has 1 aromatic heterocycles. The lowest BCUT2D eigenvalue weighted by molar-refractivity contribution is 0.463. The van der Waals surface area contributed by atoms with Gasteiger partial charge in [0.25, 0.3) is 0 Å². The second-order valence-corrected chi connectivity index (χ2v) is 5.62. The molecule has 0 aliphatic heterocycles. The second kappa shape index (κ2) is 3.27. The van der Waals surface area contributed by atoms with Gasteiger partial charge in [-0.05, 0) is 17.5 Å². The number of fused-ring (bicyclic) bond motifs is 1. The molecule has 1 aromatic carbocycles. The lowest BCUT2D eigenvalue weighted by Gasteiger charge is -2.19. The molecule has 1 N–H and O–H groups in total. The van der Waals surface area contributed by atoms with Crippen LogP contribution in [0.15, 0.2) is 27.3 Å². The van der Waals surface area contributed by atoms with Crippen molar-refractivity contribution in [2.24, 2.45) is 0 Å². The summed E-state index contributed by atoms with van der Waals surface area (Å²) in [4.78, 5) is 0. The third kappa shape index (κ3) is 1.76. The van der Waals surface area contributed by atoms with Crippen LogP contribution in [-0.2, 0) is 5.41 Å². The van der Waals surface area contributed by atoms with Crippen LogP contribution in [0, 0.1) is 0 Å². The highest BCUT2D eigenvalue weighted by atomic mass is 79.9. The van der Waals surface area contributed by atoms with Gasteiger partial charge in [-0.1, -0.05) is 36.7 Å². The van der Waals surface area contributed by atoms with Crippen molar-refractivity contribution in [1.82, 2.24) is 0 Å². The molecule has 2 aromatic rings. The number of furan rings is 1. The van der Waals surface area contributed by atoms with E-state index in [1.807, 2.05) is 12.1 Å². The molecule has 0 unspecified atom stereocenters. The molecule has 2 nitrogen and oxygen atoms in total. The molecule has 0 aliphatic rings. The second-order valence-electron chi connectivity index (χ2n) is 4.70. The fourth-order valence-corrected chi connectivity index (χ4v) is 2.10. The summed E-state index contributed by atoms with van der Waals surface area (Å²) < 4.78 is 6.35. The van der Waals surface area contributed by atoms with Crippen LogP contribution < -0.4 is 0 Å². The summed E-state index contributed by atoms with van der Waals surface area (Å²) in [5.74, 6) is 0.191. The summed E-state index contributed by atoms with van der Waals surface area (Å²) in [5, 5.41) is 10.4. The van der Waals surface area contributed by atoms with Crippen molar-refractivity contribution in [3.63, 3.8) is 0 Å². The number of hydrogen-bond acceptors (Lipinski definition) is 2. The molecular formula is C12H13BrO2. The minimum Gasteiger partial charge on any atom is -0.504 e. The molecule has 0 saturated heterocycles. The van der Waals surface area contributed by atoms with Gasteiger partial charge in [-0.2, -0.15) is 0 Å². The molecule has 15 heavy (non-hydrogen) atoms. The Bertz CT molecular complexity index is 506. The summed E-state index contributed by atoms with van der Waals surface area (Å²) >= 11 is 3.44. The zero-order valence-corrected chi connectivity index (χ0v) is 10.6. The highest BCUT2D eigenvalue weighted by molar-refractivity contribution is 9.10. The van der Waals surface area contributed by atoms with Crippen LogP contribution >= 0.6 is 15.9 Å². The fourth-order valence-electron chi connectivity index (χ4n) is 1.65. The van der Waals surface area contributed by atoms with E-state index in [-0.39, 0.29) is 11.2 Å². The van der Waals surface area contributed by atoms with E-state index in [1.54, 1.807) is 0 Å². The SMILES string of the molecule is CC(C)(C)c1cc(Br)cc2c(O)coc12. The summed E-state index contributed by atoms with van der Waals surface area (Å²) in [6.45, 7) is 6.36. The third-order valence-corrected chi connectivity index (χ3v) is 2.88. The van der Waals surface area contributed by atoms with Crippen LogP contribution in [0.2, 0.25) is 0 Å². The first-order valence-corrected chi connectivity index (χ1v) is 5.59. The molecule has 0 spiro atoms. The fraction of sp³-hybridized carbons (Fsp3) is 0.333. The summed E-state index contributed by atoms with van der Waals surface area (Å²) in [6, 6.07) is 3.90. The standard InChI is InChI=1S/C12H13BrO2/c1-12(2,3)9-5-7(13)4-8-10(14)6-15-11(8)9/h4-6,14H,1-3H3. The highest BCUT2D eigenvalue weighted by Crippen LogP contribution is 2.37. The summed E-state index contributed by atoms with van der Waals surface area (Å²) in [5.41, 5.74) is 1.85. The summed E-state index contributed by atoms with van der Waals surface area (Å²) in [7, 11) is 0. The molecule has 1 heterocycles. The Balaban J connectivity index is 2.84. The minimum atomic E-state index is -0.00762. The normalized spacial score (nSPS) is 12.3. The average molecular weight is 269 g/mol. The Kier molecular flexibility index (Phi) is 2.30. The maximum atomic E-state index is 9.61. The van der Waals surface area contributed by atoms with E-state index in [0.29, 0.717) is 0 Å². The van der Waals surface area contributed by atoms with Gasteiger partial charge in [0.15, 0.2) is 5.75 Å². The van der Waals surface area contributed by atoms with Crippen molar-refractivity contribution in [2.75, 3.05) is 0 Å². The third-order valence-electron chi connectivity index (χ3n) is 2.43. The van der Waals surface area contributed by atoms with E-state index in [0.717, 1.165) is 21.0 Å². The zero-order valence-electron chi connectivity index (χ0n) is 8.97. The first-order chi connectivity index (χ1) is 6.89. The van der Waals surface area contributed by atoms with Crippen LogP contribution in [0.4, 0.5) is 0 Å². The van der Waals surface area contributed by atoms with Gasteiger partial charge in [-0.15, -0.1) is 0 Å². The number of benzene rings is 1. The van der Waals surface area contributed by atoms with Crippen LogP contribution in [0.1, 0.15) is 26.3 Å². The van der Waals surface area contributed by atoms with E-state index < -0.39 is 0 Å². The van der Waals surface area contributed by atoms with Gasteiger partial charge in [-0.3, -0.25) is 0 Å². The average Bonchev–Trinajstić information content (AvgIpc) is 2.45. The Morgan fingerprint density at radius 1 is 1.27 bits per heavy atom. The van der Waals surface area contributed by atoms with Crippen LogP contribution in [0.5, 0.6) is 5.75 Å². The summed E-state index contributed by atoms with van der Waals surface area (Å²) in [6.07, 6.45) is 1.38. The van der Waals surface area contributed by atoms with E-state index in [9.17, 15) is 5.11 Å². The number of halogens is 1. The zero-order chi connectivity index (χ0) is 11.2. The van der Waals surface area contributed by atoms with Gasteiger partial charge in [0.1, 0.15) is 11.8 Å². The molecule has 0 saturated carbocycles. The molecule has 0 bridgehead atoms. The van der Waals surface area contributed by atoms with Crippen molar-refractivity contribution >= 4 is 26.9 Å². The van der Waals surface area contributed by atoms with E-state index in [4.69, 9.17) is 4.42 Å². The minimum absolute atomic E-state index is 0.00762. The monoisotopic (exact) mass is 268 g/mol. The highest BCUT2D eigenvalue weighted by Gasteiger charge is 2.21. The topological polar surface area (TPSA) is 33.4 Å². The lowest BCUT2D eigenvalue weighted by Crippen LogP contribution is -2.11. The molecule has 0 amide bonds. The molecule has 3 heteroatoms. The van der Waals surface area contributed by atoms with E-state index in [1.165, 1.54) is 6.26 Å². The van der Waals surface area contributed by atoms with Gasteiger partial charge in [0.2, 0.25) is 0 Å². The maximum Gasteiger partial charge on any atom is 0.161 e. The molecular weight excluding hydrogens is 256 g/mol. The number of hydrogen-bond donors (Lipinski definition) is 1. The van der Waals surface area contributed by atoms with Gasteiger partial charge in [0.05, 0.1) is 5.39 Å². The quantitative estimate of drug-likeness (QED) is 0.777. The molecule has 0 radical (unpaired) electrons. The maximum absolute atomic E-state index is 9.61. The molecule has 80 valence electrons. The molecule has 0 fully saturated rings.